The first-order valence-corrected chi connectivity index (χ1v) is 6.38. The topological polar surface area (TPSA) is 85.5 Å². The summed E-state index contributed by atoms with van der Waals surface area (Å²) in [5, 5.41) is 19.9. The molecule has 94 valence electrons. The van der Waals surface area contributed by atoms with E-state index in [4.69, 9.17) is 9.84 Å². The van der Waals surface area contributed by atoms with Gasteiger partial charge in [0.1, 0.15) is 12.3 Å². The summed E-state index contributed by atoms with van der Waals surface area (Å²) < 4.78 is 5.60. The molecule has 0 atom stereocenters. The van der Waals surface area contributed by atoms with Crippen LogP contribution < -0.4 is 4.74 Å². The van der Waals surface area contributed by atoms with Crippen molar-refractivity contribution in [2.45, 2.75) is 31.8 Å². The highest BCUT2D eigenvalue weighted by Crippen LogP contribution is 2.31. The Balaban J connectivity index is 1.86. The molecule has 6 nitrogen and oxygen atoms in total. The van der Waals surface area contributed by atoms with Crippen LogP contribution in [0.2, 0.25) is 0 Å². The zero-order valence-electron chi connectivity index (χ0n) is 9.24. The number of rotatable bonds is 4. The summed E-state index contributed by atoms with van der Waals surface area (Å²) in [5.74, 6) is 0.375. The number of thiazole rings is 1. The third-order valence-corrected chi connectivity index (χ3v) is 3.81. The minimum absolute atomic E-state index is 0.00374. The molecule has 1 heterocycles. The normalized spacial score (nSPS) is 24.5. The Hall–Kier alpha value is -1.21. The molecular weight excluding hydrogens is 244 g/mol. The predicted octanol–water partition coefficient (Wildman–Crippen LogP) is 1.98. The van der Waals surface area contributed by atoms with Crippen molar-refractivity contribution in [1.29, 1.82) is 0 Å². The van der Waals surface area contributed by atoms with Crippen LogP contribution in [0.5, 0.6) is 5.19 Å². The number of hydrogen-bond acceptors (Lipinski definition) is 6. The van der Waals surface area contributed by atoms with Crippen molar-refractivity contribution >= 4 is 16.3 Å². The molecule has 0 spiro atoms. The molecule has 0 bridgehead atoms. The molecule has 0 unspecified atom stereocenters. The van der Waals surface area contributed by atoms with Gasteiger partial charge in [0.25, 0.3) is 5.19 Å². The molecule has 0 radical (unpaired) electrons. The van der Waals surface area contributed by atoms with Gasteiger partial charge in [-0.3, -0.25) is 10.1 Å². The van der Waals surface area contributed by atoms with Gasteiger partial charge in [0, 0.05) is 6.61 Å². The molecule has 1 aromatic rings. The van der Waals surface area contributed by atoms with Gasteiger partial charge in [0.2, 0.25) is 0 Å². The molecule has 7 heteroatoms. The Labute approximate surface area is 102 Å². The second kappa shape index (κ2) is 5.42. The largest absolute Gasteiger partial charge is 0.467 e. The fourth-order valence-electron chi connectivity index (χ4n) is 1.96. The van der Waals surface area contributed by atoms with Gasteiger partial charge in [-0.05, 0) is 42.9 Å². The summed E-state index contributed by atoms with van der Waals surface area (Å²) in [6.07, 6.45) is 4.92. The van der Waals surface area contributed by atoms with Gasteiger partial charge in [-0.2, -0.15) is 0 Å². The van der Waals surface area contributed by atoms with Crippen LogP contribution in [0.15, 0.2) is 6.20 Å². The fourth-order valence-corrected chi connectivity index (χ4v) is 2.61. The summed E-state index contributed by atoms with van der Waals surface area (Å²) in [5.41, 5.74) is 0. The van der Waals surface area contributed by atoms with Crippen LogP contribution in [0, 0.1) is 16.0 Å². The molecule has 0 amide bonds. The van der Waals surface area contributed by atoms with Crippen LogP contribution in [0.25, 0.3) is 0 Å². The molecule has 1 saturated carbocycles. The Kier molecular flexibility index (Phi) is 3.90. The van der Waals surface area contributed by atoms with Gasteiger partial charge in [0.05, 0.1) is 4.92 Å². The molecule has 1 N–H and O–H groups in total. The van der Waals surface area contributed by atoms with E-state index in [-0.39, 0.29) is 17.7 Å². The Morgan fingerprint density at radius 3 is 2.76 bits per heavy atom. The maximum atomic E-state index is 10.5. The number of ether oxygens (including phenoxy) is 1. The minimum Gasteiger partial charge on any atom is -0.467 e. The van der Waals surface area contributed by atoms with E-state index in [1.165, 1.54) is 6.20 Å². The average Bonchev–Trinajstić information content (AvgIpc) is 2.79. The molecule has 17 heavy (non-hydrogen) atoms. The quantitative estimate of drug-likeness (QED) is 0.659. The van der Waals surface area contributed by atoms with Crippen LogP contribution in [0.4, 0.5) is 5.00 Å². The van der Waals surface area contributed by atoms with Gasteiger partial charge in [-0.1, -0.05) is 0 Å². The lowest BCUT2D eigenvalue weighted by Gasteiger charge is -2.26. The van der Waals surface area contributed by atoms with E-state index >= 15 is 0 Å². The van der Waals surface area contributed by atoms with Crippen LogP contribution in [0.1, 0.15) is 25.7 Å². The first-order chi connectivity index (χ1) is 8.19. The summed E-state index contributed by atoms with van der Waals surface area (Å²) in [7, 11) is 0. The van der Waals surface area contributed by atoms with Crippen molar-refractivity contribution in [2.24, 2.45) is 5.92 Å². The Morgan fingerprint density at radius 1 is 1.53 bits per heavy atom. The van der Waals surface area contributed by atoms with Crippen molar-refractivity contribution in [1.82, 2.24) is 4.98 Å². The average molecular weight is 258 g/mol. The van der Waals surface area contributed by atoms with Crippen LogP contribution in [0.3, 0.4) is 0 Å². The second-order valence-corrected chi connectivity index (χ2v) is 5.14. The molecule has 1 aliphatic rings. The molecule has 0 saturated heterocycles. The zero-order valence-corrected chi connectivity index (χ0v) is 10.1. The lowest BCUT2D eigenvalue weighted by atomic mass is 9.88. The zero-order chi connectivity index (χ0) is 12.3. The SMILES string of the molecule is O=[N+]([O-])c1cnc(OC2CCC(CO)CC2)s1. The maximum Gasteiger partial charge on any atom is 0.347 e. The molecule has 2 rings (SSSR count). The first-order valence-electron chi connectivity index (χ1n) is 5.56. The van der Waals surface area contributed by atoms with Gasteiger partial charge in [-0.25, -0.2) is 4.98 Å². The third kappa shape index (κ3) is 3.13. The highest BCUT2D eigenvalue weighted by atomic mass is 32.1. The number of nitro groups is 1. The van der Waals surface area contributed by atoms with Crippen molar-refractivity contribution < 1.29 is 14.8 Å². The van der Waals surface area contributed by atoms with Crippen molar-refractivity contribution in [3.63, 3.8) is 0 Å². The lowest BCUT2D eigenvalue weighted by molar-refractivity contribution is -0.380. The molecule has 1 aromatic heterocycles. The highest BCUT2D eigenvalue weighted by molar-refractivity contribution is 7.16. The van der Waals surface area contributed by atoms with E-state index in [1.54, 1.807) is 0 Å². The smallest absolute Gasteiger partial charge is 0.347 e. The first kappa shape index (κ1) is 12.3. The second-order valence-electron chi connectivity index (χ2n) is 4.16. The van der Waals surface area contributed by atoms with Crippen LogP contribution in [-0.4, -0.2) is 27.7 Å². The standard InChI is InChI=1S/C10H14N2O4S/c13-6-7-1-3-8(4-2-7)16-10-11-5-9(17-10)12(14)15/h5,7-8,13H,1-4,6H2. The minimum atomic E-state index is -0.465. The molecular formula is C10H14N2O4S. The van der Waals surface area contributed by atoms with E-state index in [0.717, 1.165) is 37.0 Å². The molecule has 1 aliphatic carbocycles. The van der Waals surface area contributed by atoms with Gasteiger partial charge >= 0.3 is 5.00 Å². The third-order valence-electron chi connectivity index (χ3n) is 2.97. The monoisotopic (exact) mass is 258 g/mol. The van der Waals surface area contributed by atoms with E-state index in [1.807, 2.05) is 0 Å². The lowest BCUT2D eigenvalue weighted by Crippen LogP contribution is -2.25. The van der Waals surface area contributed by atoms with Gasteiger partial charge in [0.15, 0.2) is 0 Å². The summed E-state index contributed by atoms with van der Waals surface area (Å²) in [6, 6.07) is 0. The van der Waals surface area contributed by atoms with Crippen molar-refractivity contribution in [3.8, 4) is 5.19 Å². The maximum absolute atomic E-state index is 10.5. The van der Waals surface area contributed by atoms with Crippen molar-refractivity contribution in [3.05, 3.63) is 16.3 Å². The van der Waals surface area contributed by atoms with Gasteiger partial charge < -0.3 is 9.84 Å². The number of hydrogen-bond donors (Lipinski definition) is 1. The van der Waals surface area contributed by atoms with Crippen LogP contribution >= 0.6 is 11.3 Å². The summed E-state index contributed by atoms with van der Waals surface area (Å²) in [6.45, 7) is 0.232. The number of aliphatic hydroxyl groups excluding tert-OH is 1. The molecule has 0 aromatic carbocycles. The Bertz CT molecular complexity index is 387. The fraction of sp³-hybridized carbons (Fsp3) is 0.700. The molecule has 1 fully saturated rings. The predicted molar refractivity (Wildman–Crippen MR) is 62.2 cm³/mol. The van der Waals surface area contributed by atoms with Crippen LogP contribution in [-0.2, 0) is 0 Å². The summed E-state index contributed by atoms with van der Waals surface area (Å²) in [4.78, 5) is 13.9. The van der Waals surface area contributed by atoms with Crippen molar-refractivity contribution in [2.75, 3.05) is 6.61 Å². The highest BCUT2D eigenvalue weighted by Gasteiger charge is 2.23. The van der Waals surface area contributed by atoms with E-state index < -0.39 is 4.92 Å². The van der Waals surface area contributed by atoms with Gasteiger partial charge in [-0.15, -0.1) is 0 Å². The molecule has 0 aliphatic heterocycles. The van der Waals surface area contributed by atoms with E-state index in [9.17, 15) is 10.1 Å². The number of aromatic nitrogens is 1. The number of aliphatic hydroxyl groups is 1. The van der Waals surface area contributed by atoms with E-state index in [2.05, 4.69) is 4.98 Å². The summed E-state index contributed by atoms with van der Waals surface area (Å²) >= 11 is 0.959. The Morgan fingerprint density at radius 2 is 2.24 bits per heavy atom. The number of nitrogens with zero attached hydrogens (tertiary/aromatic N) is 2. The van der Waals surface area contributed by atoms with E-state index in [0.29, 0.717) is 11.1 Å².